The zero-order valence-corrected chi connectivity index (χ0v) is 15.5. The number of amides is 1. The van der Waals surface area contributed by atoms with E-state index < -0.39 is 0 Å². The second-order valence-corrected chi connectivity index (χ2v) is 7.49. The number of nitrogens with one attached hydrogen (secondary N) is 1. The summed E-state index contributed by atoms with van der Waals surface area (Å²) in [6.45, 7) is 1.22. The summed E-state index contributed by atoms with van der Waals surface area (Å²) in [5.41, 5.74) is 1.28. The molecule has 0 bridgehead atoms. The first-order valence-electron chi connectivity index (χ1n) is 8.40. The normalized spacial score (nSPS) is 16.7. The van der Waals surface area contributed by atoms with Gasteiger partial charge in [-0.3, -0.25) is 10.1 Å². The van der Waals surface area contributed by atoms with E-state index in [1.807, 2.05) is 24.3 Å². The first-order chi connectivity index (χ1) is 12.7. The molecule has 0 unspecified atom stereocenters. The van der Waals surface area contributed by atoms with Crippen LogP contribution in [0.3, 0.4) is 0 Å². The van der Waals surface area contributed by atoms with Gasteiger partial charge in [-0.2, -0.15) is 0 Å². The van der Waals surface area contributed by atoms with Gasteiger partial charge >= 0.3 is 0 Å². The molecule has 26 heavy (non-hydrogen) atoms. The molecule has 1 fully saturated rings. The Balaban J connectivity index is 1.49. The van der Waals surface area contributed by atoms with E-state index in [0.29, 0.717) is 28.1 Å². The number of halogens is 1. The topological polar surface area (TPSA) is 60.5 Å². The number of ether oxygens (including phenoxy) is 2. The van der Waals surface area contributed by atoms with Crippen molar-refractivity contribution in [2.24, 2.45) is 0 Å². The molecule has 2 aromatic carbocycles. The van der Waals surface area contributed by atoms with Crippen LogP contribution in [0.1, 0.15) is 23.2 Å². The van der Waals surface area contributed by atoms with Crippen LogP contribution in [-0.4, -0.2) is 30.2 Å². The Morgan fingerprint density at radius 2 is 2.23 bits per heavy atom. The largest absolute Gasteiger partial charge is 0.490 e. The van der Waals surface area contributed by atoms with Gasteiger partial charge in [0.05, 0.1) is 21.9 Å². The van der Waals surface area contributed by atoms with E-state index in [-0.39, 0.29) is 12.0 Å². The van der Waals surface area contributed by atoms with Crippen LogP contribution in [-0.2, 0) is 4.74 Å². The third-order valence-electron chi connectivity index (χ3n) is 4.15. The molecule has 1 aliphatic heterocycles. The van der Waals surface area contributed by atoms with E-state index in [1.54, 1.807) is 18.2 Å². The molecule has 1 aliphatic rings. The van der Waals surface area contributed by atoms with Crippen LogP contribution in [0.2, 0.25) is 5.02 Å². The standard InChI is InChI=1S/C19H17ClN2O3S/c20-12-7-8-15-17(10-12)26-19(21-15)22-18(23)14-5-1-2-6-16(14)25-11-13-4-3-9-24-13/h1-2,5-8,10,13H,3-4,9,11H2,(H,21,22,23)/t13-/m0/s1. The monoisotopic (exact) mass is 388 g/mol. The van der Waals surface area contributed by atoms with Gasteiger partial charge in [-0.1, -0.05) is 35.1 Å². The zero-order chi connectivity index (χ0) is 17.9. The van der Waals surface area contributed by atoms with Crippen LogP contribution < -0.4 is 10.1 Å². The van der Waals surface area contributed by atoms with Crippen molar-refractivity contribution < 1.29 is 14.3 Å². The van der Waals surface area contributed by atoms with Crippen LogP contribution in [0.5, 0.6) is 5.75 Å². The number of hydrogen-bond donors (Lipinski definition) is 1. The van der Waals surface area contributed by atoms with Crippen LogP contribution in [0, 0.1) is 0 Å². The Kier molecular flexibility index (Phi) is 5.06. The van der Waals surface area contributed by atoms with Crippen LogP contribution in [0.15, 0.2) is 42.5 Å². The van der Waals surface area contributed by atoms with Crippen molar-refractivity contribution in [2.75, 3.05) is 18.5 Å². The zero-order valence-electron chi connectivity index (χ0n) is 13.9. The van der Waals surface area contributed by atoms with E-state index in [4.69, 9.17) is 21.1 Å². The first kappa shape index (κ1) is 17.3. The number of hydrogen-bond acceptors (Lipinski definition) is 5. The molecule has 1 aromatic heterocycles. The van der Waals surface area contributed by atoms with Crippen molar-refractivity contribution in [3.63, 3.8) is 0 Å². The van der Waals surface area contributed by atoms with Gasteiger partial charge in [0.25, 0.3) is 5.91 Å². The Morgan fingerprint density at radius 3 is 3.08 bits per heavy atom. The van der Waals surface area contributed by atoms with Crippen molar-refractivity contribution in [3.05, 3.63) is 53.1 Å². The van der Waals surface area contributed by atoms with Crippen molar-refractivity contribution in [1.82, 2.24) is 4.98 Å². The van der Waals surface area contributed by atoms with Crippen LogP contribution >= 0.6 is 22.9 Å². The lowest BCUT2D eigenvalue weighted by Gasteiger charge is -2.14. The average Bonchev–Trinajstić information content (AvgIpc) is 3.29. The highest BCUT2D eigenvalue weighted by atomic mass is 35.5. The summed E-state index contributed by atoms with van der Waals surface area (Å²) in [5.74, 6) is 0.294. The highest BCUT2D eigenvalue weighted by Crippen LogP contribution is 2.29. The van der Waals surface area contributed by atoms with Gasteiger partial charge in [0.15, 0.2) is 5.13 Å². The third-order valence-corrected chi connectivity index (χ3v) is 5.32. The minimum Gasteiger partial charge on any atom is -0.490 e. The van der Waals surface area contributed by atoms with Crippen LogP contribution in [0.25, 0.3) is 10.2 Å². The fraction of sp³-hybridized carbons (Fsp3) is 0.263. The van der Waals surface area contributed by atoms with Crippen molar-refractivity contribution in [3.8, 4) is 5.75 Å². The second-order valence-electron chi connectivity index (χ2n) is 6.03. The molecule has 134 valence electrons. The number of benzene rings is 2. The van der Waals surface area contributed by atoms with Gasteiger partial charge < -0.3 is 9.47 Å². The van der Waals surface area contributed by atoms with E-state index in [1.165, 1.54) is 11.3 Å². The van der Waals surface area contributed by atoms with E-state index in [2.05, 4.69) is 10.3 Å². The number of para-hydroxylation sites is 1. The number of anilines is 1. The molecule has 5 nitrogen and oxygen atoms in total. The third kappa shape index (κ3) is 3.82. The number of nitrogens with zero attached hydrogens (tertiary/aromatic N) is 1. The maximum Gasteiger partial charge on any atom is 0.261 e. The second kappa shape index (κ2) is 7.61. The SMILES string of the molecule is O=C(Nc1nc2ccc(Cl)cc2s1)c1ccccc1OC[C@@H]1CCCO1. The van der Waals surface area contributed by atoms with Gasteiger partial charge in [0.1, 0.15) is 12.4 Å². The van der Waals surface area contributed by atoms with Crippen molar-refractivity contribution in [1.29, 1.82) is 0 Å². The molecule has 0 spiro atoms. The first-order valence-corrected chi connectivity index (χ1v) is 9.59. The molecule has 1 N–H and O–H groups in total. The predicted octanol–water partition coefficient (Wildman–Crippen LogP) is 4.76. The molecule has 2 heterocycles. The Morgan fingerprint density at radius 1 is 1.35 bits per heavy atom. The van der Waals surface area contributed by atoms with Gasteiger partial charge in [0, 0.05) is 11.6 Å². The lowest BCUT2D eigenvalue weighted by atomic mass is 10.2. The smallest absolute Gasteiger partial charge is 0.261 e. The van der Waals surface area contributed by atoms with Crippen LogP contribution in [0.4, 0.5) is 5.13 Å². The Labute approximate surface area is 159 Å². The molecule has 0 saturated carbocycles. The fourth-order valence-corrected chi connectivity index (χ4v) is 3.99. The average molecular weight is 389 g/mol. The molecule has 7 heteroatoms. The minimum atomic E-state index is -0.252. The summed E-state index contributed by atoms with van der Waals surface area (Å²) in [4.78, 5) is 17.1. The summed E-state index contributed by atoms with van der Waals surface area (Å²) in [7, 11) is 0. The Hall–Kier alpha value is -2.15. The Bertz CT molecular complexity index is 937. The van der Waals surface area contributed by atoms with Gasteiger partial charge in [0.2, 0.25) is 0 Å². The molecule has 1 amide bonds. The quantitative estimate of drug-likeness (QED) is 0.684. The molecule has 0 aliphatic carbocycles. The lowest BCUT2D eigenvalue weighted by Crippen LogP contribution is -2.19. The molecule has 1 saturated heterocycles. The number of rotatable bonds is 5. The van der Waals surface area contributed by atoms with E-state index in [0.717, 1.165) is 29.7 Å². The molecule has 3 aromatic rings. The van der Waals surface area contributed by atoms with Gasteiger partial charge in [-0.05, 0) is 43.2 Å². The predicted molar refractivity (Wildman–Crippen MR) is 103 cm³/mol. The number of aromatic nitrogens is 1. The fourth-order valence-electron chi connectivity index (χ4n) is 2.85. The van der Waals surface area contributed by atoms with E-state index >= 15 is 0 Å². The highest BCUT2D eigenvalue weighted by Gasteiger charge is 2.19. The maximum absolute atomic E-state index is 12.7. The number of fused-ring (bicyclic) bond motifs is 1. The van der Waals surface area contributed by atoms with E-state index in [9.17, 15) is 4.79 Å². The highest BCUT2D eigenvalue weighted by molar-refractivity contribution is 7.22. The van der Waals surface area contributed by atoms with Crippen molar-refractivity contribution in [2.45, 2.75) is 18.9 Å². The van der Waals surface area contributed by atoms with Crippen molar-refractivity contribution >= 4 is 44.2 Å². The number of carbonyl (C=O) groups is 1. The summed E-state index contributed by atoms with van der Waals surface area (Å²) in [6.07, 6.45) is 2.14. The molecular formula is C19H17ClN2O3S. The van der Waals surface area contributed by atoms with Gasteiger partial charge in [-0.25, -0.2) is 4.98 Å². The molecule has 4 rings (SSSR count). The number of carbonyl (C=O) groups excluding carboxylic acids is 1. The minimum absolute atomic E-state index is 0.0973. The maximum atomic E-state index is 12.7. The molecular weight excluding hydrogens is 372 g/mol. The molecule has 1 atom stereocenters. The summed E-state index contributed by atoms with van der Waals surface area (Å²) in [5, 5.41) is 4.02. The lowest BCUT2D eigenvalue weighted by molar-refractivity contribution is 0.0673. The summed E-state index contributed by atoms with van der Waals surface area (Å²) in [6, 6.07) is 12.6. The molecule has 0 radical (unpaired) electrons. The number of thiazole rings is 1. The summed E-state index contributed by atoms with van der Waals surface area (Å²) >= 11 is 7.39. The summed E-state index contributed by atoms with van der Waals surface area (Å²) < 4.78 is 12.3. The van der Waals surface area contributed by atoms with Gasteiger partial charge in [-0.15, -0.1) is 0 Å².